The first-order valence-corrected chi connectivity index (χ1v) is 16.8. The van der Waals surface area contributed by atoms with Crippen LogP contribution < -0.4 is 0 Å². The number of hydrogen-bond donors (Lipinski definition) is 0. The molecule has 0 amide bonds. The molecule has 0 bridgehead atoms. The first kappa shape index (κ1) is 21.9. The van der Waals surface area contributed by atoms with Gasteiger partial charge in [0.1, 0.15) is 5.76 Å². The number of allylic oxidation sites excluding steroid dienone is 3. The van der Waals surface area contributed by atoms with Gasteiger partial charge >= 0.3 is 5.97 Å². The summed E-state index contributed by atoms with van der Waals surface area (Å²) in [4.78, 5) is 13.3. The highest BCUT2D eigenvalue weighted by atomic mass is 28.4. The third kappa shape index (κ3) is 3.42. The standard InChI is InChI=1S/C23H36O2Si2/c1-15-12-17(3)21(18(4)13-15)22(24)25-20-14-16(2)19(5)23(20,26(6,7)8)27(9,10)11/h12-14H,1-11H3. The van der Waals surface area contributed by atoms with Gasteiger partial charge in [0.05, 0.1) is 21.7 Å². The molecule has 0 saturated carbocycles. The minimum Gasteiger partial charge on any atom is -0.427 e. The van der Waals surface area contributed by atoms with Crippen LogP contribution in [-0.4, -0.2) is 22.1 Å². The van der Waals surface area contributed by atoms with Crippen molar-refractivity contribution in [1.29, 1.82) is 0 Å². The maximum atomic E-state index is 13.3. The van der Waals surface area contributed by atoms with Crippen LogP contribution in [-0.2, 0) is 4.74 Å². The summed E-state index contributed by atoms with van der Waals surface area (Å²) in [6, 6.07) is 4.12. The second-order valence-corrected chi connectivity index (χ2v) is 21.2. The van der Waals surface area contributed by atoms with Crippen LogP contribution in [0.25, 0.3) is 0 Å². The molecule has 0 saturated heterocycles. The van der Waals surface area contributed by atoms with Crippen molar-refractivity contribution in [3.8, 4) is 0 Å². The quantitative estimate of drug-likeness (QED) is 0.403. The Hall–Kier alpha value is -1.40. The van der Waals surface area contributed by atoms with E-state index in [0.29, 0.717) is 5.56 Å². The Morgan fingerprint density at radius 3 is 1.70 bits per heavy atom. The van der Waals surface area contributed by atoms with E-state index in [9.17, 15) is 4.79 Å². The highest BCUT2D eigenvalue weighted by molar-refractivity contribution is 7.00. The van der Waals surface area contributed by atoms with Gasteiger partial charge in [0.25, 0.3) is 0 Å². The predicted molar refractivity (Wildman–Crippen MR) is 122 cm³/mol. The minimum absolute atomic E-state index is 0.0632. The van der Waals surface area contributed by atoms with Crippen molar-refractivity contribution in [2.24, 2.45) is 0 Å². The third-order valence-corrected chi connectivity index (χ3v) is 16.4. The summed E-state index contributed by atoms with van der Waals surface area (Å²) in [5.74, 6) is 0.694. The number of carbonyl (C=O) groups is 1. The lowest BCUT2D eigenvalue weighted by Crippen LogP contribution is -2.56. The second-order valence-electron chi connectivity index (χ2n) is 10.2. The Morgan fingerprint density at radius 2 is 1.30 bits per heavy atom. The maximum absolute atomic E-state index is 13.3. The predicted octanol–water partition coefficient (Wildman–Crippen LogP) is 6.96. The topological polar surface area (TPSA) is 26.3 Å². The third-order valence-electron chi connectivity index (χ3n) is 6.21. The Balaban J connectivity index is 2.59. The second kappa shape index (κ2) is 6.89. The van der Waals surface area contributed by atoms with Gasteiger partial charge in [-0.05, 0) is 57.4 Å². The van der Waals surface area contributed by atoms with Gasteiger partial charge in [-0.2, -0.15) is 0 Å². The van der Waals surface area contributed by atoms with Crippen LogP contribution in [0.2, 0.25) is 43.9 Å². The van der Waals surface area contributed by atoms with Gasteiger partial charge < -0.3 is 4.74 Å². The molecule has 0 spiro atoms. The number of aryl methyl sites for hydroxylation is 3. The molecule has 1 aromatic carbocycles. The number of hydrogen-bond acceptors (Lipinski definition) is 2. The van der Waals surface area contributed by atoms with Crippen LogP contribution in [0.1, 0.15) is 40.9 Å². The molecule has 0 radical (unpaired) electrons. The van der Waals surface area contributed by atoms with E-state index in [4.69, 9.17) is 4.74 Å². The molecule has 27 heavy (non-hydrogen) atoms. The number of rotatable bonds is 4. The monoisotopic (exact) mass is 400 g/mol. The molecule has 0 aromatic heterocycles. The van der Waals surface area contributed by atoms with Crippen LogP contribution in [0.15, 0.2) is 35.1 Å². The van der Waals surface area contributed by atoms with Crippen LogP contribution >= 0.6 is 0 Å². The normalized spacial score (nSPS) is 17.2. The smallest absolute Gasteiger partial charge is 0.343 e. The van der Waals surface area contributed by atoms with E-state index in [0.717, 1.165) is 16.9 Å². The first-order chi connectivity index (χ1) is 12.1. The molecule has 1 aromatic rings. The first-order valence-electron chi connectivity index (χ1n) is 9.84. The molecule has 1 aliphatic rings. The van der Waals surface area contributed by atoms with Crippen molar-refractivity contribution in [2.75, 3.05) is 0 Å². The molecule has 0 fully saturated rings. The highest BCUT2D eigenvalue weighted by Crippen LogP contribution is 2.62. The number of ether oxygens (including phenoxy) is 1. The average Bonchev–Trinajstić information content (AvgIpc) is 2.68. The van der Waals surface area contributed by atoms with E-state index in [1.165, 1.54) is 16.7 Å². The molecule has 0 N–H and O–H groups in total. The fourth-order valence-corrected chi connectivity index (χ4v) is 19.0. The molecule has 0 aliphatic heterocycles. The molecule has 0 heterocycles. The molecule has 2 nitrogen and oxygen atoms in total. The average molecular weight is 401 g/mol. The largest absolute Gasteiger partial charge is 0.427 e. The zero-order chi connectivity index (χ0) is 20.9. The Labute approximate surface area is 167 Å². The van der Waals surface area contributed by atoms with Gasteiger partial charge in [0.15, 0.2) is 0 Å². The summed E-state index contributed by atoms with van der Waals surface area (Å²) < 4.78 is 6.20. The van der Waals surface area contributed by atoms with Crippen LogP contribution in [0, 0.1) is 20.8 Å². The lowest BCUT2D eigenvalue weighted by Gasteiger charge is -2.51. The molecular formula is C23H36O2Si2. The molecule has 4 heteroatoms. The van der Waals surface area contributed by atoms with Crippen molar-refractivity contribution in [3.63, 3.8) is 0 Å². The zero-order valence-corrected chi connectivity index (χ0v) is 21.0. The van der Waals surface area contributed by atoms with Gasteiger partial charge in [-0.3, -0.25) is 0 Å². The number of benzene rings is 1. The molecule has 2 rings (SSSR count). The van der Waals surface area contributed by atoms with Crippen molar-refractivity contribution in [1.82, 2.24) is 0 Å². The fourth-order valence-electron chi connectivity index (χ4n) is 5.64. The Kier molecular flexibility index (Phi) is 5.59. The van der Waals surface area contributed by atoms with Gasteiger partial charge in [-0.1, -0.05) is 62.6 Å². The van der Waals surface area contributed by atoms with Crippen LogP contribution in [0.4, 0.5) is 0 Å². The minimum atomic E-state index is -1.72. The molecule has 148 valence electrons. The van der Waals surface area contributed by atoms with E-state index >= 15 is 0 Å². The van der Waals surface area contributed by atoms with Crippen molar-refractivity contribution < 1.29 is 9.53 Å². The summed E-state index contributed by atoms with van der Waals surface area (Å²) in [6.45, 7) is 25.0. The van der Waals surface area contributed by atoms with Gasteiger partial charge in [0, 0.05) is 4.66 Å². The van der Waals surface area contributed by atoms with Crippen molar-refractivity contribution in [3.05, 3.63) is 57.4 Å². The number of esters is 1. The van der Waals surface area contributed by atoms with E-state index in [1.54, 1.807) is 0 Å². The molecule has 0 atom stereocenters. The van der Waals surface area contributed by atoms with Crippen molar-refractivity contribution in [2.45, 2.75) is 78.6 Å². The highest BCUT2D eigenvalue weighted by Gasteiger charge is 2.59. The summed E-state index contributed by atoms with van der Waals surface area (Å²) in [5, 5.41) is 0. The summed E-state index contributed by atoms with van der Waals surface area (Å²) in [7, 11) is -3.45. The summed E-state index contributed by atoms with van der Waals surface area (Å²) >= 11 is 0. The SMILES string of the molecule is CC1=C(C)C([Si](C)(C)C)([Si](C)(C)C)C(OC(=O)c2c(C)cc(C)cc2C)=C1. The van der Waals surface area contributed by atoms with Crippen molar-refractivity contribution >= 4 is 22.1 Å². The lowest BCUT2D eigenvalue weighted by atomic mass is 10.00. The Morgan fingerprint density at radius 1 is 0.852 bits per heavy atom. The molecule has 0 unspecified atom stereocenters. The number of carbonyl (C=O) groups excluding carboxylic acids is 1. The molecule has 1 aliphatic carbocycles. The summed E-state index contributed by atoms with van der Waals surface area (Å²) in [6.07, 6.45) is 2.14. The zero-order valence-electron chi connectivity index (χ0n) is 19.0. The van der Waals surface area contributed by atoms with E-state index in [-0.39, 0.29) is 10.6 Å². The maximum Gasteiger partial charge on any atom is 0.343 e. The van der Waals surface area contributed by atoms with E-state index in [2.05, 4.69) is 78.3 Å². The van der Waals surface area contributed by atoms with E-state index in [1.807, 2.05) is 13.8 Å². The molecular weight excluding hydrogens is 364 g/mol. The van der Waals surface area contributed by atoms with Crippen LogP contribution in [0.5, 0.6) is 0 Å². The Bertz CT molecular complexity index is 809. The van der Waals surface area contributed by atoms with Gasteiger partial charge in [0.2, 0.25) is 0 Å². The van der Waals surface area contributed by atoms with Gasteiger partial charge in [-0.25, -0.2) is 4.79 Å². The van der Waals surface area contributed by atoms with Crippen LogP contribution in [0.3, 0.4) is 0 Å². The lowest BCUT2D eigenvalue weighted by molar-refractivity contribution is 0.0611. The van der Waals surface area contributed by atoms with Gasteiger partial charge in [-0.15, -0.1) is 0 Å². The van der Waals surface area contributed by atoms with E-state index < -0.39 is 16.1 Å². The summed E-state index contributed by atoms with van der Waals surface area (Å²) in [5.41, 5.74) is 6.55. The fraction of sp³-hybridized carbons (Fsp3) is 0.522.